The van der Waals surface area contributed by atoms with Gasteiger partial charge in [-0.15, -0.1) is 0 Å². The summed E-state index contributed by atoms with van der Waals surface area (Å²) in [5.41, 5.74) is -0.0415. The lowest BCUT2D eigenvalue weighted by atomic mass is 9.94. The maximum absolute atomic E-state index is 12.4. The molecule has 1 saturated heterocycles. The van der Waals surface area contributed by atoms with Gasteiger partial charge in [-0.3, -0.25) is 24.3 Å². The summed E-state index contributed by atoms with van der Waals surface area (Å²) in [7, 11) is -3.17. The first-order valence-corrected chi connectivity index (χ1v) is 11.5. The molecule has 0 unspecified atom stereocenters. The number of hydrogen-bond donors (Lipinski definition) is 2. The molecule has 1 heterocycles. The van der Waals surface area contributed by atoms with Gasteiger partial charge < -0.3 is 10.2 Å². The Hall–Kier alpha value is -1.23. The van der Waals surface area contributed by atoms with Gasteiger partial charge >= 0.3 is 11.9 Å². The topological polar surface area (TPSA) is 118 Å². The molecule has 0 spiro atoms. The van der Waals surface area contributed by atoms with Crippen LogP contribution in [0.2, 0.25) is 0 Å². The highest BCUT2D eigenvalue weighted by atomic mass is 32.2. The van der Waals surface area contributed by atoms with Crippen molar-refractivity contribution in [2.45, 2.75) is 27.2 Å². The highest BCUT2D eigenvalue weighted by molar-refractivity contribution is 7.91. The fraction of sp³-hybridized carbons (Fsp3) is 0.889. The van der Waals surface area contributed by atoms with Gasteiger partial charge in [0.2, 0.25) is 0 Å². The number of sulfone groups is 1. The minimum Gasteiger partial charge on any atom is -0.480 e. The zero-order valence-corrected chi connectivity index (χ0v) is 18.1. The molecule has 1 aliphatic heterocycles. The number of nitrogens with zero attached hydrogens (tertiary/aromatic N) is 3. The molecule has 0 aromatic heterocycles. The molecule has 10 heteroatoms. The second-order valence-corrected chi connectivity index (χ2v) is 10.9. The Morgan fingerprint density at radius 1 is 0.786 bits per heavy atom. The van der Waals surface area contributed by atoms with E-state index in [0.29, 0.717) is 52.2 Å². The molecule has 0 aromatic rings. The van der Waals surface area contributed by atoms with Crippen molar-refractivity contribution < 1.29 is 28.2 Å². The first-order valence-electron chi connectivity index (χ1n) is 9.67. The first kappa shape index (κ1) is 24.8. The van der Waals surface area contributed by atoms with E-state index in [1.807, 2.05) is 25.7 Å². The number of carboxylic acid groups (broad SMARTS) is 2. The van der Waals surface area contributed by atoms with Crippen LogP contribution in [0.1, 0.15) is 27.2 Å². The normalized spacial score (nSPS) is 19.0. The van der Waals surface area contributed by atoms with E-state index in [9.17, 15) is 18.0 Å². The molecule has 28 heavy (non-hydrogen) atoms. The van der Waals surface area contributed by atoms with Crippen molar-refractivity contribution >= 4 is 21.8 Å². The summed E-state index contributed by atoms with van der Waals surface area (Å²) in [4.78, 5) is 27.6. The predicted octanol–water partition coefficient (Wildman–Crippen LogP) is -0.0738. The molecular formula is C18H35N3O6S. The molecule has 0 radical (unpaired) electrons. The maximum atomic E-state index is 12.4. The van der Waals surface area contributed by atoms with Gasteiger partial charge in [-0.1, -0.05) is 20.8 Å². The molecule has 0 aliphatic carbocycles. The summed E-state index contributed by atoms with van der Waals surface area (Å²) in [5.74, 6) is -1.65. The molecule has 1 aliphatic rings. The molecule has 0 bridgehead atoms. The minimum absolute atomic E-state index is 0.0415. The Morgan fingerprint density at radius 3 is 1.54 bits per heavy atom. The van der Waals surface area contributed by atoms with Gasteiger partial charge in [0.1, 0.15) is 0 Å². The summed E-state index contributed by atoms with van der Waals surface area (Å²) in [6.45, 7) is 9.26. The lowest BCUT2D eigenvalue weighted by Gasteiger charge is -2.25. The number of carboxylic acids is 2. The minimum atomic E-state index is -3.17. The van der Waals surface area contributed by atoms with Crippen molar-refractivity contribution in [3.63, 3.8) is 0 Å². The number of aliphatic carboxylic acids is 2. The zero-order chi connectivity index (χ0) is 21.4. The van der Waals surface area contributed by atoms with Crippen molar-refractivity contribution in [2.75, 3.05) is 70.4 Å². The first-order chi connectivity index (χ1) is 12.9. The van der Waals surface area contributed by atoms with E-state index in [2.05, 4.69) is 0 Å². The number of rotatable bonds is 9. The van der Waals surface area contributed by atoms with Gasteiger partial charge in [0.25, 0.3) is 0 Å². The SMILES string of the molecule is CC(C)(C)CCS(=O)(=O)CCN1CCN(CC(=O)O)CCN(CC(=O)O)CC1. The Morgan fingerprint density at radius 2 is 1.18 bits per heavy atom. The van der Waals surface area contributed by atoms with E-state index in [1.165, 1.54) is 0 Å². The molecule has 1 fully saturated rings. The number of carbonyl (C=O) groups is 2. The zero-order valence-electron chi connectivity index (χ0n) is 17.3. The Labute approximate surface area is 168 Å². The molecule has 164 valence electrons. The van der Waals surface area contributed by atoms with Crippen LogP contribution in [0.15, 0.2) is 0 Å². The molecule has 2 N–H and O–H groups in total. The van der Waals surface area contributed by atoms with E-state index in [1.54, 1.807) is 9.80 Å². The average molecular weight is 422 g/mol. The number of hydrogen-bond acceptors (Lipinski definition) is 7. The smallest absolute Gasteiger partial charge is 0.317 e. The molecular weight excluding hydrogens is 386 g/mol. The van der Waals surface area contributed by atoms with Gasteiger partial charge in [-0.2, -0.15) is 0 Å². The summed E-state index contributed by atoms with van der Waals surface area (Å²) in [5, 5.41) is 18.1. The molecule has 9 nitrogen and oxygen atoms in total. The molecule has 0 saturated carbocycles. The predicted molar refractivity (Wildman–Crippen MR) is 107 cm³/mol. The Bertz CT molecular complexity index is 589. The van der Waals surface area contributed by atoms with Crippen LogP contribution in [0.3, 0.4) is 0 Å². The van der Waals surface area contributed by atoms with Crippen molar-refractivity contribution in [1.29, 1.82) is 0 Å². The van der Waals surface area contributed by atoms with Gasteiger partial charge in [-0.05, 0) is 11.8 Å². The monoisotopic (exact) mass is 421 g/mol. The summed E-state index contributed by atoms with van der Waals surface area (Å²) in [6.07, 6.45) is 0.605. The Balaban J connectivity index is 2.69. The standard InChI is InChI=1S/C18H35N3O6S/c1-18(2,3)4-12-28(26,27)13-11-19-5-7-20(14-16(22)23)9-10-21(8-6-19)15-17(24)25/h4-15H2,1-3H3,(H,22,23)(H,24,25). The summed E-state index contributed by atoms with van der Waals surface area (Å²) < 4.78 is 24.7. The van der Waals surface area contributed by atoms with Crippen LogP contribution in [-0.4, -0.2) is 116 Å². The quantitative estimate of drug-likeness (QED) is 0.527. The summed E-state index contributed by atoms with van der Waals surface area (Å²) >= 11 is 0. The van der Waals surface area contributed by atoms with E-state index < -0.39 is 21.8 Å². The van der Waals surface area contributed by atoms with E-state index in [4.69, 9.17) is 10.2 Å². The maximum Gasteiger partial charge on any atom is 0.317 e. The van der Waals surface area contributed by atoms with E-state index in [0.717, 1.165) is 0 Å². The van der Waals surface area contributed by atoms with Crippen LogP contribution in [0.25, 0.3) is 0 Å². The average Bonchev–Trinajstić information content (AvgIpc) is 2.62. The largest absolute Gasteiger partial charge is 0.480 e. The molecule has 1 rings (SSSR count). The molecule has 0 aromatic carbocycles. The molecule has 0 amide bonds. The highest BCUT2D eigenvalue weighted by Gasteiger charge is 2.22. The van der Waals surface area contributed by atoms with Crippen molar-refractivity contribution in [1.82, 2.24) is 14.7 Å². The fourth-order valence-electron chi connectivity index (χ4n) is 2.94. The van der Waals surface area contributed by atoms with Gasteiger partial charge in [-0.25, -0.2) is 8.42 Å². The third-order valence-electron chi connectivity index (χ3n) is 4.80. The van der Waals surface area contributed by atoms with Crippen molar-refractivity contribution in [2.24, 2.45) is 5.41 Å². The van der Waals surface area contributed by atoms with Gasteiger partial charge in [0.05, 0.1) is 24.6 Å². The Kier molecular flexibility index (Phi) is 9.82. The van der Waals surface area contributed by atoms with Crippen LogP contribution in [0, 0.1) is 5.41 Å². The van der Waals surface area contributed by atoms with Crippen LogP contribution < -0.4 is 0 Å². The van der Waals surface area contributed by atoms with Crippen molar-refractivity contribution in [3.05, 3.63) is 0 Å². The van der Waals surface area contributed by atoms with Crippen LogP contribution >= 0.6 is 0 Å². The lowest BCUT2D eigenvalue weighted by Crippen LogP contribution is -2.40. The third-order valence-corrected chi connectivity index (χ3v) is 6.43. The van der Waals surface area contributed by atoms with Crippen LogP contribution in [0.5, 0.6) is 0 Å². The van der Waals surface area contributed by atoms with Crippen molar-refractivity contribution in [3.8, 4) is 0 Å². The lowest BCUT2D eigenvalue weighted by molar-refractivity contribution is -0.140. The van der Waals surface area contributed by atoms with Gasteiger partial charge in [0.15, 0.2) is 9.84 Å². The van der Waals surface area contributed by atoms with E-state index in [-0.39, 0.29) is 30.0 Å². The summed E-state index contributed by atoms with van der Waals surface area (Å²) in [6, 6.07) is 0. The third kappa shape index (κ3) is 11.6. The van der Waals surface area contributed by atoms with Crippen LogP contribution in [0.4, 0.5) is 0 Å². The highest BCUT2D eigenvalue weighted by Crippen LogP contribution is 2.19. The van der Waals surface area contributed by atoms with E-state index >= 15 is 0 Å². The second-order valence-electron chi connectivity index (χ2n) is 8.64. The molecule has 0 atom stereocenters. The van der Waals surface area contributed by atoms with Gasteiger partial charge in [0, 0.05) is 45.8 Å². The fourth-order valence-corrected chi connectivity index (χ4v) is 4.60. The second kappa shape index (κ2) is 11.1. The van der Waals surface area contributed by atoms with Crippen LogP contribution in [-0.2, 0) is 19.4 Å².